The van der Waals surface area contributed by atoms with Gasteiger partial charge in [0.05, 0.1) is 27.9 Å². The van der Waals surface area contributed by atoms with Gasteiger partial charge < -0.3 is 10.6 Å². The lowest BCUT2D eigenvalue weighted by Crippen LogP contribution is -2.34. The summed E-state index contributed by atoms with van der Waals surface area (Å²) in [4.78, 5) is 39.7. The molecule has 0 atom stereocenters. The molecule has 0 radical (unpaired) electrons. The number of nitrogens with zero attached hydrogens (tertiary/aromatic N) is 4. The van der Waals surface area contributed by atoms with Crippen LogP contribution in [0.2, 0.25) is 0 Å². The van der Waals surface area contributed by atoms with E-state index < -0.39 is 0 Å². The minimum atomic E-state index is -0.174. The summed E-state index contributed by atoms with van der Waals surface area (Å²) in [6.45, 7) is 2.87. The number of para-hydroxylation sites is 6. The average Bonchev–Trinajstić information content (AvgIpc) is 2.95. The first-order valence-corrected chi connectivity index (χ1v) is 13.1. The van der Waals surface area contributed by atoms with Crippen molar-refractivity contribution in [1.82, 2.24) is 15.0 Å². The van der Waals surface area contributed by atoms with E-state index in [9.17, 15) is 9.59 Å². The summed E-state index contributed by atoms with van der Waals surface area (Å²) in [6, 6.07) is 27.0. The lowest BCUT2D eigenvalue weighted by atomic mass is 10.2. The van der Waals surface area contributed by atoms with Gasteiger partial charge in [-0.2, -0.15) is 4.57 Å². The van der Waals surface area contributed by atoms with Crippen LogP contribution in [0.25, 0.3) is 44.1 Å². The van der Waals surface area contributed by atoms with Crippen molar-refractivity contribution in [2.45, 2.75) is 32.7 Å². The van der Waals surface area contributed by atoms with Crippen molar-refractivity contribution in [1.29, 1.82) is 0 Å². The molecule has 0 saturated heterocycles. The quantitative estimate of drug-likeness (QED) is 0.215. The van der Waals surface area contributed by atoms with Crippen LogP contribution in [0.4, 0.5) is 11.4 Å². The molecule has 0 aliphatic carbocycles. The molecule has 0 bridgehead atoms. The summed E-state index contributed by atoms with van der Waals surface area (Å²) in [5.41, 5.74) is 7.82. The van der Waals surface area contributed by atoms with Crippen LogP contribution < -0.4 is 15.2 Å². The van der Waals surface area contributed by atoms with E-state index >= 15 is 0 Å². The van der Waals surface area contributed by atoms with Gasteiger partial charge in [-0.15, -0.1) is 0 Å². The summed E-state index contributed by atoms with van der Waals surface area (Å²) in [5, 5.41) is 5.94. The molecule has 0 saturated carbocycles. The first kappa shape index (κ1) is 24.4. The number of amides is 2. The van der Waals surface area contributed by atoms with Gasteiger partial charge in [0.2, 0.25) is 22.8 Å². The molecule has 2 aromatic heterocycles. The Morgan fingerprint density at radius 3 is 1.87 bits per heavy atom. The Morgan fingerprint density at radius 1 is 0.615 bits per heavy atom. The maximum absolute atomic E-state index is 12.8. The number of anilines is 2. The Labute approximate surface area is 224 Å². The van der Waals surface area contributed by atoms with Crippen LogP contribution >= 0.6 is 0 Å². The lowest BCUT2D eigenvalue weighted by Gasteiger charge is -2.10. The first-order valence-electron chi connectivity index (χ1n) is 13.1. The molecule has 192 valence electrons. The molecular formula is C31H27N6O2+. The van der Waals surface area contributed by atoms with E-state index in [4.69, 9.17) is 9.97 Å². The van der Waals surface area contributed by atoms with E-state index in [0.717, 1.165) is 39.6 Å². The predicted octanol–water partition coefficient (Wildman–Crippen LogP) is 5.54. The molecule has 0 unspecified atom stereocenters. The van der Waals surface area contributed by atoms with Gasteiger partial charge in [-0.05, 0) is 49.7 Å². The average molecular weight is 516 g/mol. The fourth-order valence-corrected chi connectivity index (χ4v) is 4.92. The highest BCUT2D eigenvalue weighted by Gasteiger charge is 2.18. The second-order valence-corrected chi connectivity index (χ2v) is 9.35. The van der Waals surface area contributed by atoms with E-state index in [1.165, 1.54) is 0 Å². The molecule has 4 aromatic carbocycles. The van der Waals surface area contributed by atoms with Gasteiger partial charge in [-0.3, -0.25) is 9.59 Å². The molecule has 6 rings (SSSR count). The van der Waals surface area contributed by atoms with Gasteiger partial charge in [0.1, 0.15) is 17.6 Å². The molecule has 0 aliphatic rings. The number of hydrogen-bond acceptors (Lipinski definition) is 5. The van der Waals surface area contributed by atoms with Gasteiger partial charge >= 0.3 is 0 Å². The normalized spacial score (nSPS) is 11.3. The van der Waals surface area contributed by atoms with Crippen LogP contribution in [-0.2, 0) is 16.1 Å². The standard InChI is InChI=1S/C31H26N6O2/c1-2-37-26-16-6-5-12-22(26)36-31-25(15-8-17-27(31)37)34-29(39)19-9-18-28(38)33-24-14-7-13-23-30(24)35-21-11-4-3-10-20(21)32-23/h3-8,10-17H,2,9,18-19H2,1H3,(H,32,33,38)/p+1. The Balaban J connectivity index is 1.12. The number of benzene rings is 4. The van der Waals surface area contributed by atoms with Crippen molar-refractivity contribution < 1.29 is 14.2 Å². The minimum Gasteiger partial charge on any atom is -0.324 e. The second-order valence-electron chi connectivity index (χ2n) is 9.35. The van der Waals surface area contributed by atoms with Gasteiger partial charge in [0.25, 0.3) is 0 Å². The van der Waals surface area contributed by atoms with Gasteiger partial charge in [0.15, 0.2) is 5.52 Å². The topological polar surface area (TPSA) is 101 Å². The predicted molar refractivity (Wildman–Crippen MR) is 153 cm³/mol. The first-order chi connectivity index (χ1) is 19.1. The van der Waals surface area contributed by atoms with E-state index in [1.807, 2.05) is 78.9 Å². The summed E-state index contributed by atoms with van der Waals surface area (Å²) in [7, 11) is 0. The van der Waals surface area contributed by atoms with Crippen LogP contribution in [0.1, 0.15) is 26.2 Å². The SMILES string of the molecule is CC[n+]1c2ccccc2nc2c(NC(=O)CCCC(=O)Nc3cccc4nc5ccccc5nc34)cccc21. The van der Waals surface area contributed by atoms with Gasteiger partial charge in [-0.1, -0.05) is 36.4 Å². The van der Waals surface area contributed by atoms with Crippen molar-refractivity contribution in [3.05, 3.63) is 84.9 Å². The van der Waals surface area contributed by atoms with Crippen molar-refractivity contribution in [2.75, 3.05) is 10.6 Å². The highest BCUT2D eigenvalue weighted by Crippen LogP contribution is 2.24. The Bertz CT molecular complexity index is 1880. The zero-order valence-electron chi connectivity index (χ0n) is 21.5. The number of carbonyl (C=O) groups is 2. The Kier molecular flexibility index (Phi) is 6.50. The summed E-state index contributed by atoms with van der Waals surface area (Å²) in [6.07, 6.45) is 0.831. The summed E-state index contributed by atoms with van der Waals surface area (Å²) in [5.74, 6) is -0.330. The second kappa shape index (κ2) is 10.4. The van der Waals surface area contributed by atoms with Crippen LogP contribution in [0, 0.1) is 0 Å². The lowest BCUT2D eigenvalue weighted by molar-refractivity contribution is -0.641. The minimum absolute atomic E-state index is 0.157. The van der Waals surface area contributed by atoms with Crippen molar-refractivity contribution in [2.24, 2.45) is 0 Å². The highest BCUT2D eigenvalue weighted by atomic mass is 16.2. The number of rotatable bonds is 7. The molecule has 0 spiro atoms. The van der Waals surface area contributed by atoms with E-state index in [1.54, 1.807) is 0 Å². The third-order valence-corrected chi connectivity index (χ3v) is 6.75. The number of hydrogen-bond donors (Lipinski definition) is 2. The molecular weight excluding hydrogens is 488 g/mol. The van der Waals surface area contributed by atoms with Gasteiger partial charge in [-0.25, -0.2) is 15.0 Å². The number of nitrogens with one attached hydrogen (secondary N) is 2. The molecule has 8 nitrogen and oxygen atoms in total. The highest BCUT2D eigenvalue weighted by molar-refractivity contribution is 6.02. The molecule has 0 aliphatic heterocycles. The van der Waals surface area contributed by atoms with Crippen LogP contribution in [0.15, 0.2) is 84.9 Å². The number of aromatic nitrogens is 4. The number of carbonyl (C=O) groups excluding carboxylic acids is 2. The van der Waals surface area contributed by atoms with Crippen molar-refractivity contribution in [3.8, 4) is 0 Å². The smallest absolute Gasteiger partial charge is 0.233 e. The number of fused-ring (bicyclic) bond motifs is 4. The van der Waals surface area contributed by atoms with E-state index in [-0.39, 0.29) is 24.7 Å². The molecule has 8 heteroatoms. The number of aryl methyl sites for hydroxylation is 1. The van der Waals surface area contributed by atoms with Crippen LogP contribution in [0.3, 0.4) is 0 Å². The molecule has 2 N–H and O–H groups in total. The van der Waals surface area contributed by atoms with Crippen LogP contribution in [-0.4, -0.2) is 26.8 Å². The van der Waals surface area contributed by atoms with Crippen LogP contribution in [0.5, 0.6) is 0 Å². The largest absolute Gasteiger partial charge is 0.324 e. The van der Waals surface area contributed by atoms with E-state index in [0.29, 0.717) is 28.8 Å². The monoisotopic (exact) mass is 515 g/mol. The Morgan fingerprint density at radius 2 is 1.15 bits per heavy atom. The van der Waals surface area contributed by atoms with Crippen molar-refractivity contribution in [3.63, 3.8) is 0 Å². The third-order valence-electron chi connectivity index (χ3n) is 6.75. The maximum Gasteiger partial charge on any atom is 0.233 e. The fraction of sp³-hybridized carbons (Fsp3) is 0.161. The molecule has 2 amide bonds. The molecule has 6 aromatic rings. The molecule has 39 heavy (non-hydrogen) atoms. The third kappa shape index (κ3) is 4.84. The molecule has 2 heterocycles. The van der Waals surface area contributed by atoms with Crippen molar-refractivity contribution >= 4 is 67.3 Å². The van der Waals surface area contributed by atoms with Gasteiger partial charge in [0, 0.05) is 25.0 Å². The Hall–Kier alpha value is -4.98. The van der Waals surface area contributed by atoms with E-state index in [2.05, 4.69) is 33.2 Å². The zero-order chi connectivity index (χ0) is 26.8. The zero-order valence-corrected chi connectivity index (χ0v) is 21.5. The summed E-state index contributed by atoms with van der Waals surface area (Å²) >= 11 is 0. The molecule has 0 fully saturated rings. The fourth-order valence-electron chi connectivity index (χ4n) is 4.92. The maximum atomic E-state index is 12.8. The summed E-state index contributed by atoms with van der Waals surface area (Å²) < 4.78 is 2.19.